The molecule has 1 rings (SSSR count). The summed E-state index contributed by atoms with van der Waals surface area (Å²) in [4.78, 5) is 0. The minimum atomic E-state index is 1.06. The van der Waals surface area contributed by atoms with Gasteiger partial charge in [0.15, 0.2) is 0 Å². The van der Waals surface area contributed by atoms with Crippen LogP contribution in [-0.2, 0) is 5.75 Å². The van der Waals surface area contributed by atoms with Crippen molar-refractivity contribution in [1.29, 1.82) is 0 Å². The molecule has 0 N–H and O–H groups in total. The monoisotopic (exact) mass is 170 g/mol. The average Bonchev–Trinajstić information content (AvgIpc) is 2.17. The van der Waals surface area contributed by atoms with Crippen LogP contribution in [0.2, 0.25) is 0 Å². The number of furan rings is 1. The highest BCUT2D eigenvalue weighted by Gasteiger charge is 2.09. The zero-order valence-electron chi connectivity index (χ0n) is 7.52. The van der Waals surface area contributed by atoms with Gasteiger partial charge in [0.25, 0.3) is 0 Å². The van der Waals surface area contributed by atoms with Crippen LogP contribution in [0.4, 0.5) is 0 Å². The standard InChI is InChI=1S/C9H14OS/c1-6-7(2)10-8(3)9(6)5-11-4/h5H2,1-4H3. The fraction of sp³-hybridized carbons (Fsp3) is 0.556. The normalized spacial score (nSPS) is 10.5. The van der Waals surface area contributed by atoms with Crippen LogP contribution in [0.25, 0.3) is 0 Å². The highest BCUT2D eigenvalue weighted by atomic mass is 32.2. The molecule has 0 bridgehead atoms. The first-order chi connectivity index (χ1) is 5.16. The fourth-order valence-electron chi connectivity index (χ4n) is 1.20. The van der Waals surface area contributed by atoms with Gasteiger partial charge in [0, 0.05) is 11.3 Å². The lowest BCUT2D eigenvalue weighted by atomic mass is 10.1. The van der Waals surface area contributed by atoms with E-state index in [1.54, 1.807) is 0 Å². The number of thioether (sulfide) groups is 1. The second-order valence-electron chi connectivity index (χ2n) is 2.75. The summed E-state index contributed by atoms with van der Waals surface area (Å²) in [5, 5.41) is 0. The maximum absolute atomic E-state index is 5.48. The Labute approximate surface area is 72.2 Å². The van der Waals surface area contributed by atoms with Crippen LogP contribution in [0, 0.1) is 20.8 Å². The summed E-state index contributed by atoms with van der Waals surface area (Å²) in [5.41, 5.74) is 2.69. The summed E-state index contributed by atoms with van der Waals surface area (Å²) in [6.45, 7) is 6.18. The van der Waals surface area contributed by atoms with E-state index >= 15 is 0 Å². The van der Waals surface area contributed by atoms with E-state index in [1.165, 1.54) is 11.1 Å². The van der Waals surface area contributed by atoms with Crippen LogP contribution in [0.15, 0.2) is 4.42 Å². The molecule has 1 aromatic heterocycles. The van der Waals surface area contributed by atoms with E-state index in [-0.39, 0.29) is 0 Å². The third kappa shape index (κ3) is 1.62. The van der Waals surface area contributed by atoms with Crippen molar-refractivity contribution in [1.82, 2.24) is 0 Å². The molecule has 2 heteroatoms. The van der Waals surface area contributed by atoms with Gasteiger partial charge in [-0.2, -0.15) is 11.8 Å². The van der Waals surface area contributed by atoms with Crippen molar-refractivity contribution in [3.05, 3.63) is 22.6 Å². The van der Waals surface area contributed by atoms with E-state index in [1.807, 2.05) is 25.6 Å². The van der Waals surface area contributed by atoms with Crippen molar-refractivity contribution in [3.8, 4) is 0 Å². The van der Waals surface area contributed by atoms with Crippen molar-refractivity contribution in [2.75, 3.05) is 6.26 Å². The van der Waals surface area contributed by atoms with Gasteiger partial charge in [-0.1, -0.05) is 0 Å². The quantitative estimate of drug-likeness (QED) is 0.676. The van der Waals surface area contributed by atoms with Crippen LogP contribution in [0.3, 0.4) is 0 Å². The lowest BCUT2D eigenvalue weighted by Crippen LogP contribution is -1.83. The van der Waals surface area contributed by atoms with E-state index in [4.69, 9.17) is 4.42 Å². The Morgan fingerprint density at radius 2 is 1.82 bits per heavy atom. The number of hydrogen-bond acceptors (Lipinski definition) is 2. The summed E-state index contributed by atoms with van der Waals surface area (Å²) in [5.74, 6) is 3.20. The Bertz CT molecular complexity index is 250. The molecule has 0 fully saturated rings. The van der Waals surface area contributed by atoms with E-state index in [0.29, 0.717) is 0 Å². The molecule has 0 aliphatic heterocycles. The molecule has 1 heterocycles. The largest absolute Gasteiger partial charge is 0.466 e. The fourth-order valence-corrected chi connectivity index (χ4v) is 1.91. The van der Waals surface area contributed by atoms with Gasteiger partial charge in [-0.05, 0) is 32.6 Å². The summed E-state index contributed by atoms with van der Waals surface area (Å²) in [6, 6.07) is 0. The van der Waals surface area contributed by atoms with E-state index in [0.717, 1.165) is 17.3 Å². The molecule has 11 heavy (non-hydrogen) atoms. The van der Waals surface area contributed by atoms with Gasteiger partial charge in [-0.25, -0.2) is 0 Å². The van der Waals surface area contributed by atoms with Gasteiger partial charge in [-0.3, -0.25) is 0 Å². The van der Waals surface area contributed by atoms with E-state index in [9.17, 15) is 0 Å². The molecule has 0 atom stereocenters. The molecule has 0 saturated carbocycles. The molecular weight excluding hydrogens is 156 g/mol. The minimum absolute atomic E-state index is 1.06. The first-order valence-electron chi connectivity index (χ1n) is 3.71. The Morgan fingerprint density at radius 3 is 2.18 bits per heavy atom. The predicted octanol–water partition coefficient (Wildman–Crippen LogP) is 3.07. The van der Waals surface area contributed by atoms with Crippen molar-refractivity contribution < 1.29 is 4.42 Å². The average molecular weight is 170 g/mol. The third-order valence-corrected chi connectivity index (χ3v) is 2.58. The molecule has 0 unspecified atom stereocenters. The third-order valence-electron chi connectivity index (χ3n) is 2.00. The van der Waals surface area contributed by atoms with Crippen molar-refractivity contribution >= 4 is 11.8 Å². The molecule has 0 aliphatic rings. The first-order valence-corrected chi connectivity index (χ1v) is 5.10. The van der Waals surface area contributed by atoms with Crippen LogP contribution in [0.1, 0.15) is 22.6 Å². The summed E-state index contributed by atoms with van der Waals surface area (Å²) >= 11 is 1.84. The second kappa shape index (κ2) is 3.35. The molecular formula is C9H14OS. The van der Waals surface area contributed by atoms with Gasteiger partial charge in [-0.15, -0.1) is 0 Å². The Balaban J connectivity index is 3.02. The highest BCUT2D eigenvalue weighted by molar-refractivity contribution is 7.97. The smallest absolute Gasteiger partial charge is 0.105 e. The molecule has 1 aromatic rings. The lowest BCUT2D eigenvalue weighted by molar-refractivity contribution is 0.501. The SMILES string of the molecule is CSCc1c(C)oc(C)c1C. The van der Waals surface area contributed by atoms with Gasteiger partial charge in [0.1, 0.15) is 11.5 Å². The van der Waals surface area contributed by atoms with Gasteiger partial charge in [0.2, 0.25) is 0 Å². The van der Waals surface area contributed by atoms with Gasteiger partial charge in [0.05, 0.1) is 0 Å². The Morgan fingerprint density at radius 1 is 1.18 bits per heavy atom. The molecule has 0 saturated heterocycles. The predicted molar refractivity (Wildman–Crippen MR) is 50.1 cm³/mol. The topological polar surface area (TPSA) is 13.1 Å². The molecule has 0 aliphatic carbocycles. The van der Waals surface area contributed by atoms with Crippen LogP contribution < -0.4 is 0 Å². The summed E-state index contributed by atoms with van der Waals surface area (Å²) < 4.78 is 5.48. The molecule has 0 radical (unpaired) electrons. The minimum Gasteiger partial charge on any atom is -0.466 e. The van der Waals surface area contributed by atoms with Crippen molar-refractivity contribution in [2.24, 2.45) is 0 Å². The van der Waals surface area contributed by atoms with Crippen LogP contribution >= 0.6 is 11.8 Å². The van der Waals surface area contributed by atoms with Gasteiger partial charge < -0.3 is 4.42 Å². The number of aryl methyl sites for hydroxylation is 2. The number of hydrogen-bond donors (Lipinski definition) is 0. The lowest BCUT2D eigenvalue weighted by Gasteiger charge is -1.95. The summed E-state index contributed by atoms with van der Waals surface area (Å²) in [6.07, 6.45) is 2.11. The highest BCUT2D eigenvalue weighted by Crippen LogP contribution is 2.23. The van der Waals surface area contributed by atoms with Gasteiger partial charge >= 0.3 is 0 Å². The van der Waals surface area contributed by atoms with Crippen LogP contribution in [0.5, 0.6) is 0 Å². The molecule has 62 valence electrons. The Kier molecular flexibility index (Phi) is 2.66. The van der Waals surface area contributed by atoms with E-state index < -0.39 is 0 Å². The van der Waals surface area contributed by atoms with E-state index in [2.05, 4.69) is 13.2 Å². The summed E-state index contributed by atoms with van der Waals surface area (Å²) in [7, 11) is 0. The zero-order valence-corrected chi connectivity index (χ0v) is 8.34. The van der Waals surface area contributed by atoms with Crippen LogP contribution in [-0.4, -0.2) is 6.26 Å². The molecule has 0 amide bonds. The first kappa shape index (κ1) is 8.72. The molecule has 0 spiro atoms. The number of rotatable bonds is 2. The maximum Gasteiger partial charge on any atom is 0.105 e. The van der Waals surface area contributed by atoms with Crippen molar-refractivity contribution in [2.45, 2.75) is 26.5 Å². The maximum atomic E-state index is 5.48. The Hall–Kier alpha value is -0.370. The molecule has 0 aromatic carbocycles. The van der Waals surface area contributed by atoms with Crippen molar-refractivity contribution in [3.63, 3.8) is 0 Å². The molecule has 1 nitrogen and oxygen atoms in total. The second-order valence-corrected chi connectivity index (χ2v) is 3.62. The zero-order chi connectivity index (χ0) is 8.43.